The molecule has 1 N–H and O–H groups in total. The topological polar surface area (TPSA) is 38.1 Å². The van der Waals surface area contributed by atoms with Crippen molar-refractivity contribution in [2.75, 3.05) is 6.54 Å². The Labute approximate surface area is 109 Å². The zero-order valence-electron chi connectivity index (χ0n) is 9.96. The van der Waals surface area contributed by atoms with Crippen LogP contribution in [0.25, 0.3) is 11.3 Å². The van der Waals surface area contributed by atoms with Gasteiger partial charge in [0, 0.05) is 16.6 Å². The summed E-state index contributed by atoms with van der Waals surface area (Å²) in [7, 11) is 0. The summed E-state index contributed by atoms with van der Waals surface area (Å²) in [5.74, 6) is 0.849. The van der Waals surface area contributed by atoms with Crippen LogP contribution in [0.15, 0.2) is 33.5 Å². The van der Waals surface area contributed by atoms with E-state index >= 15 is 0 Å². The molecule has 0 fully saturated rings. The van der Waals surface area contributed by atoms with Crippen molar-refractivity contribution in [2.24, 2.45) is 0 Å². The van der Waals surface area contributed by atoms with Gasteiger partial charge in [0.1, 0.15) is 5.69 Å². The van der Waals surface area contributed by atoms with Gasteiger partial charge in [-0.05, 0) is 31.2 Å². The molecule has 0 saturated carbocycles. The molecule has 0 amide bonds. The molecule has 2 rings (SSSR count). The molecule has 1 aromatic carbocycles. The number of halogens is 1. The minimum atomic E-state index is 0.734. The van der Waals surface area contributed by atoms with Crippen LogP contribution in [0.1, 0.15) is 18.2 Å². The summed E-state index contributed by atoms with van der Waals surface area (Å²) in [6.45, 7) is 5.79. The highest BCUT2D eigenvalue weighted by Gasteiger charge is 2.10. The van der Waals surface area contributed by atoms with Crippen molar-refractivity contribution in [3.8, 4) is 11.3 Å². The smallest absolute Gasteiger partial charge is 0.181 e. The Balaban J connectivity index is 2.32. The second-order valence-corrected chi connectivity index (χ2v) is 4.73. The van der Waals surface area contributed by atoms with Crippen LogP contribution >= 0.6 is 15.9 Å². The van der Waals surface area contributed by atoms with E-state index in [0.717, 1.165) is 34.6 Å². The number of oxazole rings is 1. The van der Waals surface area contributed by atoms with Gasteiger partial charge in [-0.2, -0.15) is 0 Å². The molecule has 1 heterocycles. The van der Waals surface area contributed by atoms with Crippen LogP contribution in [-0.2, 0) is 6.54 Å². The average molecular weight is 295 g/mol. The molecule has 17 heavy (non-hydrogen) atoms. The molecule has 1 aromatic heterocycles. The molecule has 0 bridgehead atoms. The molecule has 0 aliphatic rings. The molecule has 0 radical (unpaired) electrons. The Bertz CT molecular complexity index is 508. The van der Waals surface area contributed by atoms with Gasteiger partial charge in [-0.1, -0.05) is 28.9 Å². The van der Waals surface area contributed by atoms with Crippen LogP contribution < -0.4 is 5.32 Å². The van der Waals surface area contributed by atoms with Gasteiger partial charge in [-0.25, -0.2) is 4.98 Å². The van der Waals surface area contributed by atoms with E-state index in [4.69, 9.17) is 4.42 Å². The molecule has 3 nitrogen and oxygen atoms in total. The van der Waals surface area contributed by atoms with Crippen molar-refractivity contribution in [2.45, 2.75) is 20.4 Å². The van der Waals surface area contributed by atoms with Crippen LogP contribution in [0.3, 0.4) is 0 Å². The fourth-order valence-corrected chi connectivity index (χ4v) is 1.91. The van der Waals surface area contributed by atoms with Gasteiger partial charge in [0.25, 0.3) is 0 Å². The van der Waals surface area contributed by atoms with Gasteiger partial charge in [0.2, 0.25) is 0 Å². The van der Waals surface area contributed by atoms with Gasteiger partial charge in [-0.15, -0.1) is 0 Å². The molecule has 0 saturated heterocycles. The number of hydrogen-bond acceptors (Lipinski definition) is 3. The van der Waals surface area contributed by atoms with Gasteiger partial charge in [0.05, 0.1) is 0 Å². The lowest BCUT2D eigenvalue weighted by Crippen LogP contribution is -2.12. The Hall–Kier alpha value is -1.13. The number of benzene rings is 1. The first kappa shape index (κ1) is 12.3. The van der Waals surface area contributed by atoms with Crippen LogP contribution in [0.2, 0.25) is 0 Å². The molecular weight excluding hydrogens is 280 g/mol. The fraction of sp³-hybridized carbons (Fsp3) is 0.308. The van der Waals surface area contributed by atoms with Crippen LogP contribution in [-0.4, -0.2) is 11.5 Å². The third kappa shape index (κ3) is 2.76. The first-order valence-corrected chi connectivity index (χ1v) is 6.41. The normalized spacial score (nSPS) is 10.8. The fourth-order valence-electron chi connectivity index (χ4n) is 1.66. The molecule has 90 valence electrons. The van der Waals surface area contributed by atoms with Crippen LogP contribution in [0.4, 0.5) is 0 Å². The van der Waals surface area contributed by atoms with E-state index in [-0.39, 0.29) is 0 Å². The van der Waals surface area contributed by atoms with E-state index < -0.39 is 0 Å². The molecule has 0 unspecified atom stereocenters. The maximum absolute atomic E-state index is 5.48. The Morgan fingerprint density at radius 1 is 1.41 bits per heavy atom. The van der Waals surface area contributed by atoms with Gasteiger partial charge >= 0.3 is 0 Å². The van der Waals surface area contributed by atoms with Gasteiger partial charge < -0.3 is 9.73 Å². The maximum Gasteiger partial charge on any atom is 0.181 e. The highest BCUT2D eigenvalue weighted by Crippen LogP contribution is 2.27. The van der Waals surface area contributed by atoms with Crippen molar-refractivity contribution in [1.29, 1.82) is 0 Å². The van der Waals surface area contributed by atoms with Crippen LogP contribution in [0, 0.1) is 6.92 Å². The zero-order valence-corrected chi connectivity index (χ0v) is 11.5. The summed E-state index contributed by atoms with van der Waals surface area (Å²) >= 11 is 3.49. The predicted octanol–water partition coefficient (Wildman–Crippen LogP) is 3.52. The average Bonchev–Trinajstić information content (AvgIpc) is 2.78. The summed E-state index contributed by atoms with van der Waals surface area (Å²) in [4.78, 5) is 4.24. The number of aryl methyl sites for hydroxylation is 1. The third-order valence-electron chi connectivity index (χ3n) is 2.60. The minimum Gasteiger partial charge on any atom is -0.443 e. The standard InChI is InChI=1S/C13H15BrN2O/c1-3-15-7-12-13(17-8-16-12)10-4-5-11(14)9(2)6-10/h4-6,8,15H,3,7H2,1-2H3. The summed E-state index contributed by atoms with van der Waals surface area (Å²) < 4.78 is 6.58. The molecule has 4 heteroatoms. The van der Waals surface area contributed by atoms with E-state index in [1.165, 1.54) is 12.0 Å². The zero-order chi connectivity index (χ0) is 12.3. The second-order valence-electron chi connectivity index (χ2n) is 3.87. The number of aromatic nitrogens is 1. The summed E-state index contributed by atoms with van der Waals surface area (Å²) in [6.07, 6.45) is 1.50. The van der Waals surface area contributed by atoms with Crippen LogP contribution in [0.5, 0.6) is 0 Å². The Morgan fingerprint density at radius 3 is 2.94 bits per heavy atom. The molecule has 0 aliphatic heterocycles. The largest absolute Gasteiger partial charge is 0.443 e. The van der Waals surface area contributed by atoms with Gasteiger partial charge in [0.15, 0.2) is 12.2 Å². The van der Waals surface area contributed by atoms with E-state index in [2.05, 4.69) is 46.1 Å². The number of hydrogen-bond donors (Lipinski definition) is 1. The number of nitrogens with one attached hydrogen (secondary N) is 1. The summed E-state index contributed by atoms with van der Waals surface area (Å²) in [6, 6.07) is 6.16. The molecule has 0 spiro atoms. The number of nitrogens with zero attached hydrogens (tertiary/aromatic N) is 1. The molecule has 0 atom stereocenters. The summed E-state index contributed by atoms with van der Waals surface area (Å²) in [5.41, 5.74) is 3.21. The molecular formula is C13H15BrN2O. The van der Waals surface area contributed by atoms with Crippen molar-refractivity contribution in [1.82, 2.24) is 10.3 Å². The van der Waals surface area contributed by atoms with Crippen molar-refractivity contribution >= 4 is 15.9 Å². The minimum absolute atomic E-state index is 0.734. The van der Waals surface area contributed by atoms with Crippen molar-refractivity contribution in [3.63, 3.8) is 0 Å². The SMILES string of the molecule is CCNCc1ncoc1-c1ccc(Br)c(C)c1. The lowest BCUT2D eigenvalue weighted by molar-refractivity contribution is 0.570. The van der Waals surface area contributed by atoms with E-state index in [9.17, 15) is 0 Å². The predicted molar refractivity (Wildman–Crippen MR) is 71.8 cm³/mol. The molecule has 2 aromatic rings. The quantitative estimate of drug-likeness (QED) is 0.937. The van der Waals surface area contributed by atoms with Crippen molar-refractivity contribution < 1.29 is 4.42 Å². The molecule has 0 aliphatic carbocycles. The van der Waals surface area contributed by atoms with E-state index in [0.29, 0.717) is 0 Å². The van der Waals surface area contributed by atoms with E-state index in [1.54, 1.807) is 0 Å². The third-order valence-corrected chi connectivity index (χ3v) is 3.49. The maximum atomic E-state index is 5.48. The summed E-state index contributed by atoms with van der Waals surface area (Å²) in [5, 5.41) is 3.26. The van der Waals surface area contributed by atoms with Gasteiger partial charge in [-0.3, -0.25) is 0 Å². The lowest BCUT2D eigenvalue weighted by atomic mass is 10.1. The highest BCUT2D eigenvalue weighted by molar-refractivity contribution is 9.10. The monoisotopic (exact) mass is 294 g/mol. The van der Waals surface area contributed by atoms with E-state index in [1.807, 2.05) is 12.1 Å². The lowest BCUT2D eigenvalue weighted by Gasteiger charge is -2.04. The second kappa shape index (κ2) is 5.47. The highest BCUT2D eigenvalue weighted by atomic mass is 79.9. The van der Waals surface area contributed by atoms with Crippen molar-refractivity contribution in [3.05, 3.63) is 40.3 Å². The first-order valence-electron chi connectivity index (χ1n) is 5.62. The Morgan fingerprint density at radius 2 is 2.24 bits per heavy atom. The number of rotatable bonds is 4. The first-order chi connectivity index (χ1) is 8.22. The Kier molecular flexibility index (Phi) is 3.97.